The van der Waals surface area contributed by atoms with Gasteiger partial charge < -0.3 is 10.1 Å². The summed E-state index contributed by atoms with van der Waals surface area (Å²) in [5.74, 6) is 0. The SMILES string of the molecule is CCC(C)(CC)NC(=O)OC(C)(C)C. The Kier molecular flexibility index (Phi) is 4.43. The Labute approximate surface area is 87.2 Å². The standard InChI is InChI=1S/C11H23NO2/c1-7-11(6,8-2)12-9(13)14-10(3,4)5/h7-8H2,1-6H3,(H,12,13). The molecule has 0 bridgehead atoms. The van der Waals surface area contributed by atoms with Gasteiger partial charge in [-0.2, -0.15) is 0 Å². The highest BCUT2D eigenvalue weighted by Crippen LogP contribution is 2.15. The van der Waals surface area contributed by atoms with Crippen molar-refractivity contribution in [2.24, 2.45) is 0 Å². The van der Waals surface area contributed by atoms with Crippen LogP contribution >= 0.6 is 0 Å². The van der Waals surface area contributed by atoms with Gasteiger partial charge >= 0.3 is 6.09 Å². The number of hydrogen-bond donors (Lipinski definition) is 1. The second-order valence-corrected chi connectivity index (χ2v) is 4.89. The lowest BCUT2D eigenvalue weighted by atomic mass is 9.96. The van der Waals surface area contributed by atoms with Crippen molar-refractivity contribution in [2.75, 3.05) is 0 Å². The summed E-state index contributed by atoms with van der Waals surface area (Å²) >= 11 is 0. The Morgan fingerprint density at radius 2 is 1.57 bits per heavy atom. The predicted molar refractivity (Wildman–Crippen MR) is 58.4 cm³/mol. The largest absolute Gasteiger partial charge is 0.444 e. The summed E-state index contributed by atoms with van der Waals surface area (Å²) in [5.41, 5.74) is -0.575. The van der Waals surface area contributed by atoms with Crippen LogP contribution < -0.4 is 5.32 Å². The van der Waals surface area contributed by atoms with Gasteiger partial charge in [0.1, 0.15) is 5.60 Å². The lowest BCUT2D eigenvalue weighted by Gasteiger charge is -2.30. The zero-order chi connectivity index (χ0) is 11.4. The van der Waals surface area contributed by atoms with Crippen LogP contribution in [0.3, 0.4) is 0 Å². The predicted octanol–water partition coefficient (Wildman–Crippen LogP) is 3.09. The first kappa shape index (κ1) is 13.3. The van der Waals surface area contributed by atoms with Crippen LogP contribution in [0.2, 0.25) is 0 Å². The number of amides is 1. The van der Waals surface area contributed by atoms with Gasteiger partial charge in [0.15, 0.2) is 0 Å². The molecule has 0 spiro atoms. The summed E-state index contributed by atoms with van der Waals surface area (Å²) < 4.78 is 5.19. The maximum absolute atomic E-state index is 11.5. The number of hydrogen-bond acceptors (Lipinski definition) is 2. The minimum Gasteiger partial charge on any atom is -0.444 e. The van der Waals surface area contributed by atoms with Gasteiger partial charge in [0.25, 0.3) is 0 Å². The van der Waals surface area contributed by atoms with E-state index in [1.807, 2.05) is 27.7 Å². The topological polar surface area (TPSA) is 38.3 Å². The van der Waals surface area contributed by atoms with Crippen LogP contribution in [0.25, 0.3) is 0 Å². The van der Waals surface area contributed by atoms with E-state index >= 15 is 0 Å². The second-order valence-electron chi connectivity index (χ2n) is 4.89. The molecular weight excluding hydrogens is 178 g/mol. The van der Waals surface area contributed by atoms with Crippen LogP contribution in [0.4, 0.5) is 4.79 Å². The zero-order valence-electron chi connectivity index (χ0n) is 10.2. The van der Waals surface area contributed by atoms with Crippen LogP contribution in [0.15, 0.2) is 0 Å². The maximum atomic E-state index is 11.5. The second kappa shape index (κ2) is 4.67. The molecule has 0 aliphatic carbocycles. The van der Waals surface area contributed by atoms with E-state index in [9.17, 15) is 4.79 Å². The Morgan fingerprint density at radius 3 is 1.86 bits per heavy atom. The molecule has 0 rings (SSSR count). The van der Waals surface area contributed by atoms with E-state index in [0.717, 1.165) is 12.8 Å². The number of nitrogens with one attached hydrogen (secondary N) is 1. The van der Waals surface area contributed by atoms with Gasteiger partial charge in [-0.05, 0) is 40.5 Å². The summed E-state index contributed by atoms with van der Waals surface area (Å²) in [6.07, 6.45) is 1.48. The minimum absolute atomic E-state index is 0.150. The molecule has 0 aromatic carbocycles. The molecule has 3 heteroatoms. The van der Waals surface area contributed by atoms with Crippen LogP contribution in [0.1, 0.15) is 54.4 Å². The molecular formula is C11H23NO2. The van der Waals surface area contributed by atoms with Gasteiger partial charge in [0, 0.05) is 5.54 Å². The zero-order valence-corrected chi connectivity index (χ0v) is 10.2. The Morgan fingerprint density at radius 1 is 1.14 bits per heavy atom. The summed E-state index contributed by atoms with van der Waals surface area (Å²) in [6.45, 7) is 11.7. The van der Waals surface area contributed by atoms with Gasteiger partial charge in [-0.25, -0.2) is 4.79 Å². The lowest BCUT2D eigenvalue weighted by molar-refractivity contribution is 0.0458. The summed E-state index contributed by atoms with van der Waals surface area (Å²) in [7, 11) is 0. The molecule has 0 aromatic heterocycles. The highest BCUT2D eigenvalue weighted by atomic mass is 16.6. The average Bonchev–Trinajstić information content (AvgIpc) is 2.00. The first-order valence-corrected chi connectivity index (χ1v) is 5.23. The van der Waals surface area contributed by atoms with Crippen molar-refractivity contribution < 1.29 is 9.53 Å². The lowest BCUT2D eigenvalue weighted by Crippen LogP contribution is -2.47. The maximum Gasteiger partial charge on any atom is 0.408 e. The molecule has 0 aromatic rings. The van der Waals surface area contributed by atoms with Crippen LogP contribution in [0.5, 0.6) is 0 Å². The van der Waals surface area contributed by atoms with E-state index in [4.69, 9.17) is 4.74 Å². The van der Waals surface area contributed by atoms with E-state index in [-0.39, 0.29) is 11.6 Å². The van der Waals surface area contributed by atoms with Gasteiger partial charge in [-0.15, -0.1) is 0 Å². The van der Waals surface area contributed by atoms with Gasteiger partial charge in [0.2, 0.25) is 0 Å². The first-order valence-electron chi connectivity index (χ1n) is 5.23. The van der Waals surface area contributed by atoms with Gasteiger partial charge in [-0.3, -0.25) is 0 Å². The third-order valence-electron chi connectivity index (χ3n) is 2.36. The smallest absolute Gasteiger partial charge is 0.408 e. The minimum atomic E-state index is -0.424. The van der Waals surface area contributed by atoms with Crippen molar-refractivity contribution in [2.45, 2.75) is 65.5 Å². The van der Waals surface area contributed by atoms with E-state index in [0.29, 0.717) is 0 Å². The van der Waals surface area contributed by atoms with Gasteiger partial charge in [-0.1, -0.05) is 13.8 Å². The molecule has 0 aliphatic rings. The monoisotopic (exact) mass is 201 g/mol. The quantitative estimate of drug-likeness (QED) is 0.762. The average molecular weight is 201 g/mol. The van der Waals surface area contributed by atoms with Crippen LogP contribution in [-0.4, -0.2) is 17.2 Å². The number of alkyl carbamates (subject to hydrolysis) is 1. The van der Waals surface area contributed by atoms with E-state index in [1.165, 1.54) is 0 Å². The molecule has 0 aliphatic heterocycles. The molecule has 1 N–H and O–H groups in total. The fourth-order valence-corrected chi connectivity index (χ4v) is 0.977. The van der Waals surface area contributed by atoms with Crippen molar-refractivity contribution in [3.8, 4) is 0 Å². The first-order chi connectivity index (χ1) is 6.22. The fraction of sp³-hybridized carbons (Fsp3) is 0.909. The normalized spacial score (nSPS) is 12.4. The molecule has 0 fully saturated rings. The molecule has 3 nitrogen and oxygen atoms in total. The highest BCUT2D eigenvalue weighted by Gasteiger charge is 2.25. The number of rotatable bonds is 3. The molecule has 0 unspecified atom stereocenters. The van der Waals surface area contributed by atoms with Crippen LogP contribution in [0, 0.1) is 0 Å². The van der Waals surface area contributed by atoms with Crippen molar-refractivity contribution in [3.63, 3.8) is 0 Å². The van der Waals surface area contributed by atoms with Crippen molar-refractivity contribution in [1.29, 1.82) is 0 Å². The Bertz CT molecular complexity index is 190. The third kappa shape index (κ3) is 5.10. The molecule has 84 valence electrons. The molecule has 0 radical (unpaired) electrons. The number of carbonyl (C=O) groups excluding carboxylic acids is 1. The van der Waals surface area contributed by atoms with Crippen LogP contribution in [-0.2, 0) is 4.74 Å². The van der Waals surface area contributed by atoms with Crippen molar-refractivity contribution in [1.82, 2.24) is 5.32 Å². The van der Waals surface area contributed by atoms with Crippen molar-refractivity contribution >= 4 is 6.09 Å². The summed E-state index contributed by atoms with van der Waals surface area (Å²) in [5, 5.41) is 2.89. The third-order valence-corrected chi connectivity index (χ3v) is 2.36. The van der Waals surface area contributed by atoms with E-state index < -0.39 is 5.60 Å². The van der Waals surface area contributed by atoms with Gasteiger partial charge in [0.05, 0.1) is 0 Å². The number of carbonyl (C=O) groups is 1. The molecule has 1 amide bonds. The fourth-order valence-electron chi connectivity index (χ4n) is 0.977. The van der Waals surface area contributed by atoms with E-state index in [1.54, 1.807) is 0 Å². The highest BCUT2D eigenvalue weighted by molar-refractivity contribution is 5.68. The summed E-state index contributed by atoms with van der Waals surface area (Å²) in [4.78, 5) is 11.5. The van der Waals surface area contributed by atoms with E-state index in [2.05, 4.69) is 19.2 Å². The molecule has 0 atom stereocenters. The Balaban J connectivity index is 4.18. The van der Waals surface area contributed by atoms with Crippen molar-refractivity contribution in [3.05, 3.63) is 0 Å². The molecule has 0 heterocycles. The molecule has 0 saturated heterocycles. The number of ether oxygens (including phenoxy) is 1. The molecule has 0 saturated carbocycles. The summed E-state index contributed by atoms with van der Waals surface area (Å²) in [6, 6.07) is 0. The molecule has 14 heavy (non-hydrogen) atoms. The Hall–Kier alpha value is -0.730.